The molecule has 0 aromatic carbocycles. The summed E-state index contributed by atoms with van der Waals surface area (Å²) in [5.74, 6) is -0.837. The van der Waals surface area contributed by atoms with Gasteiger partial charge in [0.1, 0.15) is 17.2 Å². The summed E-state index contributed by atoms with van der Waals surface area (Å²) in [6, 6.07) is 0. The summed E-state index contributed by atoms with van der Waals surface area (Å²) < 4.78 is 6.56. The third kappa shape index (κ3) is 3.42. The van der Waals surface area contributed by atoms with Crippen LogP contribution >= 0.6 is 11.3 Å². The Morgan fingerprint density at radius 1 is 1.36 bits per heavy atom. The maximum Gasteiger partial charge on any atom is 0.337 e. The van der Waals surface area contributed by atoms with Gasteiger partial charge in [0.15, 0.2) is 0 Å². The standard InChI is InChI=1S/C16H19N3O5S/c1-2-3-11-17-14-13(10(9-25-14)16(22)23)15(21)19(11)8-12(20)18-4-6-24-7-5-18/h9H,2-8H2,1H3,(H,22,23). The fraction of sp³-hybridized carbons (Fsp3) is 0.500. The fourth-order valence-electron chi connectivity index (χ4n) is 2.85. The highest BCUT2D eigenvalue weighted by molar-refractivity contribution is 7.17. The SMILES string of the molecule is CCCc1nc2scc(C(=O)O)c2c(=O)n1CC(=O)N1CCOCC1. The number of amides is 1. The van der Waals surface area contributed by atoms with Crippen LogP contribution in [0.2, 0.25) is 0 Å². The second-order valence-electron chi connectivity index (χ2n) is 5.80. The lowest BCUT2D eigenvalue weighted by atomic mass is 10.2. The number of carbonyl (C=O) groups is 2. The van der Waals surface area contributed by atoms with E-state index in [1.807, 2.05) is 6.92 Å². The Morgan fingerprint density at radius 2 is 2.08 bits per heavy atom. The van der Waals surface area contributed by atoms with E-state index in [0.29, 0.717) is 43.4 Å². The van der Waals surface area contributed by atoms with Gasteiger partial charge in [-0.1, -0.05) is 6.92 Å². The number of nitrogens with zero attached hydrogens (tertiary/aromatic N) is 3. The molecule has 1 fully saturated rings. The van der Waals surface area contributed by atoms with Crippen molar-refractivity contribution in [1.29, 1.82) is 0 Å². The first-order valence-corrected chi connectivity index (χ1v) is 9.00. The smallest absolute Gasteiger partial charge is 0.337 e. The number of hydrogen-bond donors (Lipinski definition) is 1. The molecule has 0 aliphatic carbocycles. The zero-order valence-electron chi connectivity index (χ0n) is 13.9. The van der Waals surface area contributed by atoms with Gasteiger partial charge in [-0.25, -0.2) is 9.78 Å². The number of aromatic carboxylic acids is 1. The Balaban J connectivity index is 2.04. The van der Waals surface area contributed by atoms with Crippen LogP contribution in [0.3, 0.4) is 0 Å². The number of carboxylic acid groups (broad SMARTS) is 1. The molecule has 2 aromatic heterocycles. The highest BCUT2D eigenvalue weighted by Gasteiger charge is 2.23. The van der Waals surface area contributed by atoms with Crippen molar-refractivity contribution in [3.05, 3.63) is 27.1 Å². The quantitative estimate of drug-likeness (QED) is 0.847. The number of ether oxygens (including phenoxy) is 1. The molecule has 0 saturated carbocycles. The molecule has 1 amide bonds. The normalized spacial score (nSPS) is 14.8. The number of carbonyl (C=O) groups excluding carboxylic acids is 1. The summed E-state index contributed by atoms with van der Waals surface area (Å²) in [6.45, 7) is 3.77. The van der Waals surface area contributed by atoms with Gasteiger partial charge in [-0.3, -0.25) is 14.2 Å². The Kier molecular flexibility index (Phi) is 5.14. The molecule has 2 aromatic rings. The average Bonchev–Trinajstić information content (AvgIpc) is 3.03. The third-order valence-corrected chi connectivity index (χ3v) is 5.01. The zero-order valence-corrected chi connectivity index (χ0v) is 14.7. The van der Waals surface area contributed by atoms with Crippen LogP contribution in [0.1, 0.15) is 29.5 Å². The van der Waals surface area contributed by atoms with Gasteiger partial charge in [-0.05, 0) is 6.42 Å². The van der Waals surface area contributed by atoms with E-state index in [4.69, 9.17) is 4.74 Å². The molecule has 3 heterocycles. The largest absolute Gasteiger partial charge is 0.478 e. The van der Waals surface area contributed by atoms with Crippen molar-refractivity contribution in [2.75, 3.05) is 26.3 Å². The van der Waals surface area contributed by atoms with Gasteiger partial charge in [-0.15, -0.1) is 11.3 Å². The molecule has 0 bridgehead atoms. The van der Waals surface area contributed by atoms with Gasteiger partial charge in [0.25, 0.3) is 5.56 Å². The molecule has 0 unspecified atom stereocenters. The lowest BCUT2D eigenvalue weighted by Crippen LogP contribution is -2.44. The van der Waals surface area contributed by atoms with Crippen LogP contribution < -0.4 is 5.56 Å². The molecule has 9 heteroatoms. The van der Waals surface area contributed by atoms with Crippen LogP contribution in [0, 0.1) is 0 Å². The summed E-state index contributed by atoms with van der Waals surface area (Å²) >= 11 is 1.13. The van der Waals surface area contributed by atoms with E-state index in [1.165, 1.54) is 9.95 Å². The van der Waals surface area contributed by atoms with E-state index in [9.17, 15) is 19.5 Å². The highest BCUT2D eigenvalue weighted by atomic mass is 32.1. The molecule has 1 N–H and O–H groups in total. The fourth-order valence-corrected chi connectivity index (χ4v) is 3.77. The van der Waals surface area contributed by atoms with E-state index in [-0.39, 0.29) is 23.4 Å². The topological polar surface area (TPSA) is 102 Å². The van der Waals surface area contributed by atoms with E-state index in [1.54, 1.807) is 4.90 Å². The molecule has 0 atom stereocenters. The van der Waals surface area contributed by atoms with Crippen LogP contribution in [0.25, 0.3) is 10.2 Å². The number of rotatable bonds is 5. The molecule has 25 heavy (non-hydrogen) atoms. The highest BCUT2D eigenvalue weighted by Crippen LogP contribution is 2.22. The zero-order chi connectivity index (χ0) is 18.0. The third-order valence-electron chi connectivity index (χ3n) is 4.13. The van der Waals surface area contributed by atoms with Crippen LogP contribution in [0.15, 0.2) is 10.2 Å². The number of morpholine rings is 1. The minimum absolute atomic E-state index is 0.0619. The maximum absolute atomic E-state index is 12.9. The second kappa shape index (κ2) is 7.32. The number of aromatic nitrogens is 2. The van der Waals surface area contributed by atoms with E-state index in [0.717, 1.165) is 17.8 Å². The van der Waals surface area contributed by atoms with Gasteiger partial charge in [0.05, 0.1) is 24.2 Å². The minimum Gasteiger partial charge on any atom is -0.478 e. The van der Waals surface area contributed by atoms with E-state index < -0.39 is 11.5 Å². The van der Waals surface area contributed by atoms with Crippen LogP contribution in [0.4, 0.5) is 0 Å². The molecule has 1 saturated heterocycles. The monoisotopic (exact) mass is 365 g/mol. The first kappa shape index (κ1) is 17.6. The maximum atomic E-state index is 12.9. The molecular formula is C16H19N3O5S. The van der Waals surface area contributed by atoms with Crippen molar-refractivity contribution in [1.82, 2.24) is 14.5 Å². The van der Waals surface area contributed by atoms with Crippen molar-refractivity contribution >= 4 is 33.4 Å². The molecule has 8 nitrogen and oxygen atoms in total. The predicted octanol–water partition coefficient (Wildman–Crippen LogP) is 0.968. The van der Waals surface area contributed by atoms with Crippen LogP contribution in [-0.4, -0.2) is 57.7 Å². The minimum atomic E-state index is -1.17. The van der Waals surface area contributed by atoms with Crippen molar-refractivity contribution < 1.29 is 19.4 Å². The summed E-state index contributed by atoms with van der Waals surface area (Å²) in [7, 11) is 0. The van der Waals surface area contributed by atoms with Crippen molar-refractivity contribution in [2.24, 2.45) is 0 Å². The number of hydrogen-bond acceptors (Lipinski definition) is 6. The van der Waals surface area contributed by atoms with Gasteiger partial charge in [-0.2, -0.15) is 0 Å². The van der Waals surface area contributed by atoms with Crippen molar-refractivity contribution in [3.63, 3.8) is 0 Å². The number of thiophene rings is 1. The average molecular weight is 365 g/mol. The molecule has 134 valence electrons. The Morgan fingerprint density at radius 3 is 2.72 bits per heavy atom. The van der Waals surface area contributed by atoms with Crippen molar-refractivity contribution in [3.8, 4) is 0 Å². The van der Waals surface area contributed by atoms with Gasteiger partial charge in [0.2, 0.25) is 5.91 Å². The van der Waals surface area contributed by atoms with Gasteiger partial charge < -0.3 is 14.7 Å². The lowest BCUT2D eigenvalue weighted by molar-refractivity contribution is -0.136. The molecule has 1 aliphatic heterocycles. The summed E-state index contributed by atoms with van der Waals surface area (Å²) in [5, 5.41) is 10.8. The van der Waals surface area contributed by atoms with E-state index >= 15 is 0 Å². The Labute approximate surface area is 147 Å². The number of fused-ring (bicyclic) bond motifs is 1. The summed E-state index contributed by atoms with van der Waals surface area (Å²) in [5.41, 5.74) is -0.526. The van der Waals surface area contributed by atoms with Crippen LogP contribution in [-0.2, 0) is 22.5 Å². The van der Waals surface area contributed by atoms with Gasteiger partial charge in [0, 0.05) is 24.9 Å². The molecule has 3 rings (SSSR count). The first-order valence-electron chi connectivity index (χ1n) is 8.12. The Bertz CT molecular complexity index is 867. The van der Waals surface area contributed by atoms with Crippen LogP contribution in [0.5, 0.6) is 0 Å². The molecule has 0 spiro atoms. The predicted molar refractivity (Wildman–Crippen MR) is 92.2 cm³/mol. The summed E-state index contributed by atoms with van der Waals surface area (Å²) in [6.07, 6.45) is 1.31. The van der Waals surface area contributed by atoms with Gasteiger partial charge >= 0.3 is 5.97 Å². The molecule has 1 aliphatic rings. The van der Waals surface area contributed by atoms with Crippen molar-refractivity contribution in [2.45, 2.75) is 26.3 Å². The number of aryl methyl sites for hydroxylation is 1. The Hall–Kier alpha value is -2.26. The number of carboxylic acids is 1. The lowest BCUT2D eigenvalue weighted by Gasteiger charge is -2.27. The summed E-state index contributed by atoms with van der Waals surface area (Å²) in [4.78, 5) is 43.3. The second-order valence-corrected chi connectivity index (χ2v) is 6.66. The first-order chi connectivity index (χ1) is 12.0. The molecule has 0 radical (unpaired) electrons. The molecular weight excluding hydrogens is 346 g/mol. The van der Waals surface area contributed by atoms with E-state index in [2.05, 4.69) is 4.98 Å².